The Bertz CT molecular complexity index is 687. The van der Waals surface area contributed by atoms with Gasteiger partial charge in [0.1, 0.15) is 18.1 Å². The second-order valence-corrected chi connectivity index (χ2v) is 7.19. The third kappa shape index (κ3) is 9.56. The van der Waals surface area contributed by atoms with Gasteiger partial charge in [-0.2, -0.15) is 12.6 Å². The van der Waals surface area contributed by atoms with Crippen LogP contribution in [0.4, 0.5) is 0 Å². The monoisotopic (exact) mass is 448 g/mol. The Balaban J connectivity index is 5.45. The van der Waals surface area contributed by atoms with Crippen LogP contribution in [0, 0.1) is 5.92 Å². The molecule has 0 rings (SSSR count). The lowest BCUT2D eigenvalue weighted by molar-refractivity contribution is -0.144. The summed E-state index contributed by atoms with van der Waals surface area (Å²) in [6, 6.07) is -5.32. The van der Waals surface area contributed by atoms with Crippen molar-refractivity contribution in [3.8, 4) is 0 Å². The van der Waals surface area contributed by atoms with Crippen LogP contribution in [0.2, 0.25) is 0 Å². The van der Waals surface area contributed by atoms with Gasteiger partial charge in [0.05, 0.1) is 18.9 Å². The first kappa shape index (κ1) is 27.1. The fraction of sp³-hybridized carbons (Fsp3) is 0.625. The van der Waals surface area contributed by atoms with Crippen LogP contribution in [0.25, 0.3) is 0 Å². The molecule has 4 atom stereocenters. The average molecular weight is 449 g/mol. The van der Waals surface area contributed by atoms with E-state index >= 15 is 0 Å². The summed E-state index contributed by atoms with van der Waals surface area (Å²) in [7, 11) is 0. The molecule has 0 aliphatic heterocycles. The maximum atomic E-state index is 12.6. The standard InChI is InChI=1S/C16H28N6O7S/c1-6(2)12(22-13(25)7(17)5-30)15(27)20-8(3-10(18)23)14(26)21-9(16(28)29)4-11(19)24/h6-9,12,30H,3-5,17H2,1-2H3,(H2,18,23)(H2,19,24)(H,20,27)(H,21,26)(H,22,25)(H,28,29). The van der Waals surface area contributed by atoms with Gasteiger partial charge in [0.15, 0.2) is 0 Å². The van der Waals surface area contributed by atoms with Crippen LogP contribution < -0.4 is 33.2 Å². The van der Waals surface area contributed by atoms with Gasteiger partial charge in [0, 0.05) is 5.75 Å². The molecule has 0 aromatic carbocycles. The molecule has 170 valence electrons. The van der Waals surface area contributed by atoms with Gasteiger partial charge in [-0.3, -0.25) is 24.0 Å². The third-order valence-corrected chi connectivity index (χ3v) is 4.23. The van der Waals surface area contributed by atoms with Gasteiger partial charge >= 0.3 is 5.97 Å². The van der Waals surface area contributed by atoms with Crippen molar-refractivity contribution in [2.75, 3.05) is 5.75 Å². The molecule has 0 saturated carbocycles. The Morgan fingerprint density at radius 3 is 1.70 bits per heavy atom. The van der Waals surface area contributed by atoms with E-state index in [0.29, 0.717) is 0 Å². The van der Waals surface area contributed by atoms with Crippen molar-refractivity contribution in [1.29, 1.82) is 0 Å². The number of nitrogens with one attached hydrogen (secondary N) is 3. The lowest BCUT2D eigenvalue weighted by Gasteiger charge is -2.26. The molecule has 0 aliphatic carbocycles. The molecular formula is C16H28N6O7S. The number of carbonyl (C=O) groups is 6. The van der Waals surface area contributed by atoms with Crippen LogP contribution in [-0.2, 0) is 28.8 Å². The van der Waals surface area contributed by atoms with Crippen molar-refractivity contribution >= 4 is 48.1 Å². The lowest BCUT2D eigenvalue weighted by atomic mass is 10.0. The Labute approximate surface area is 178 Å². The molecule has 5 amide bonds. The van der Waals surface area contributed by atoms with Gasteiger partial charge in [-0.05, 0) is 5.92 Å². The number of nitrogens with two attached hydrogens (primary N) is 3. The van der Waals surface area contributed by atoms with E-state index in [1.54, 1.807) is 13.8 Å². The number of carbonyl (C=O) groups excluding carboxylic acids is 5. The molecule has 0 spiro atoms. The normalized spacial score (nSPS) is 14.7. The van der Waals surface area contributed by atoms with Crippen LogP contribution in [0.5, 0.6) is 0 Å². The highest BCUT2D eigenvalue weighted by Crippen LogP contribution is 2.05. The van der Waals surface area contributed by atoms with Gasteiger partial charge in [0.2, 0.25) is 29.5 Å². The van der Waals surface area contributed by atoms with Crippen molar-refractivity contribution in [3.63, 3.8) is 0 Å². The largest absolute Gasteiger partial charge is 0.480 e. The Hall–Kier alpha value is -2.87. The maximum absolute atomic E-state index is 12.6. The molecule has 0 fully saturated rings. The number of thiol groups is 1. The number of hydrogen-bond acceptors (Lipinski definition) is 8. The summed E-state index contributed by atoms with van der Waals surface area (Å²) in [5.74, 6) is -6.44. The summed E-state index contributed by atoms with van der Waals surface area (Å²) in [4.78, 5) is 70.5. The Morgan fingerprint density at radius 1 is 0.833 bits per heavy atom. The van der Waals surface area contributed by atoms with Crippen LogP contribution in [0.3, 0.4) is 0 Å². The smallest absolute Gasteiger partial charge is 0.326 e. The molecule has 0 aromatic heterocycles. The molecule has 30 heavy (non-hydrogen) atoms. The summed E-state index contributed by atoms with van der Waals surface area (Å²) < 4.78 is 0. The summed E-state index contributed by atoms with van der Waals surface area (Å²) in [6.07, 6.45) is -1.36. The summed E-state index contributed by atoms with van der Waals surface area (Å²) in [5, 5.41) is 15.8. The highest BCUT2D eigenvalue weighted by Gasteiger charge is 2.32. The minimum absolute atomic E-state index is 0.0292. The topological polar surface area (TPSA) is 237 Å². The Morgan fingerprint density at radius 2 is 1.30 bits per heavy atom. The number of primary amides is 2. The van der Waals surface area contributed by atoms with Crippen LogP contribution >= 0.6 is 12.6 Å². The van der Waals surface area contributed by atoms with Gasteiger partial charge in [-0.15, -0.1) is 0 Å². The van der Waals surface area contributed by atoms with E-state index < -0.39 is 78.4 Å². The van der Waals surface area contributed by atoms with Crippen molar-refractivity contribution in [1.82, 2.24) is 16.0 Å². The van der Waals surface area contributed by atoms with Crippen LogP contribution in [0.15, 0.2) is 0 Å². The highest BCUT2D eigenvalue weighted by atomic mass is 32.1. The second-order valence-electron chi connectivity index (χ2n) is 6.82. The summed E-state index contributed by atoms with van der Waals surface area (Å²) >= 11 is 3.90. The minimum atomic E-state index is -1.67. The predicted octanol–water partition coefficient (Wildman–Crippen LogP) is -3.81. The van der Waals surface area contributed by atoms with Crippen molar-refractivity contribution in [2.24, 2.45) is 23.1 Å². The van der Waals surface area contributed by atoms with E-state index in [2.05, 4.69) is 23.3 Å². The fourth-order valence-corrected chi connectivity index (χ4v) is 2.39. The van der Waals surface area contributed by atoms with Crippen molar-refractivity contribution in [3.05, 3.63) is 0 Å². The summed E-state index contributed by atoms with van der Waals surface area (Å²) in [5.41, 5.74) is 15.6. The average Bonchev–Trinajstić information content (AvgIpc) is 2.62. The SMILES string of the molecule is CC(C)C(NC(=O)C(N)CS)C(=O)NC(CC(N)=O)C(=O)NC(CC(N)=O)C(=O)O. The highest BCUT2D eigenvalue weighted by molar-refractivity contribution is 7.80. The van der Waals surface area contributed by atoms with Crippen molar-refractivity contribution in [2.45, 2.75) is 50.9 Å². The van der Waals surface area contributed by atoms with E-state index in [4.69, 9.17) is 22.3 Å². The van der Waals surface area contributed by atoms with E-state index in [9.17, 15) is 28.8 Å². The molecule has 0 heterocycles. The van der Waals surface area contributed by atoms with E-state index in [-0.39, 0.29) is 5.75 Å². The Kier molecular flexibility index (Phi) is 11.4. The molecule has 0 saturated heterocycles. The van der Waals surface area contributed by atoms with Gasteiger partial charge in [0.25, 0.3) is 0 Å². The molecule has 13 nitrogen and oxygen atoms in total. The second kappa shape index (κ2) is 12.6. The first-order chi connectivity index (χ1) is 13.8. The molecule has 4 unspecified atom stereocenters. The van der Waals surface area contributed by atoms with Crippen LogP contribution in [-0.4, -0.2) is 70.5 Å². The summed E-state index contributed by atoms with van der Waals surface area (Å²) in [6.45, 7) is 3.24. The quantitative estimate of drug-likeness (QED) is 0.130. The molecule has 10 N–H and O–H groups in total. The maximum Gasteiger partial charge on any atom is 0.326 e. The molecule has 0 aromatic rings. The zero-order valence-corrected chi connectivity index (χ0v) is 17.5. The third-order valence-electron chi connectivity index (χ3n) is 3.84. The molecule has 0 aliphatic rings. The predicted molar refractivity (Wildman–Crippen MR) is 108 cm³/mol. The molecular weight excluding hydrogens is 420 g/mol. The van der Waals surface area contributed by atoms with E-state index in [0.717, 1.165) is 0 Å². The number of carboxylic acid groups (broad SMARTS) is 1. The number of aliphatic carboxylic acids is 1. The van der Waals surface area contributed by atoms with Crippen LogP contribution in [0.1, 0.15) is 26.7 Å². The fourth-order valence-electron chi connectivity index (χ4n) is 2.22. The minimum Gasteiger partial charge on any atom is -0.480 e. The van der Waals surface area contributed by atoms with Gasteiger partial charge in [-0.25, -0.2) is 4.79 Å². The van der Waals surface area contributed by atoms with E-state index in [1.807, 2.05) is 5.32 Å². The molecule has 0 bridgehead atoms. The van der Waals surface area contributed by atoms with Gasteiger partial charge in [-0.1, -0.05) is 13.8 Å². The molecule has 14 heteroatoms. The lowest BCUT2D eigenvalue weighted by Crippen LogP contribution is -2.59. The number of hydrogen-bond donors (Lipinski definition) is 8. The van der Waals surface area contributed by atoms with Crippen molar-refractivity contribution < 1.29 is 33.9 Å². The first-order valence-corrected chi connectivity index (χ1v) is 9.50. The van der Waals surface area contributed by atoms with Gasteiger partial charge < -0.3 is 38.3 Å². The van der Waals surface area contributed by atoms with E-state index in [1.165, 1.54) is 0 Å². The molecule has 0 radical (unpaired) electrons. The first-order valence-electron chi connectivity index (χ1n) is 8.87. The zero-order chi connectivity index (χ0) is 23.6. The number of carboxylic acids is 1. The number of amides is 5. The number of rotatable bonds is 13. The zero-order valence-electron chi connectivity index (χ0n) is 16.6.